The third-order valence-corrected chi connectivity index (χ3v) is 18.1. The fourth-order valence-electron chi connectivity index (χ4n) is 10.5. The summed E-state index contributed by atoms with van der Waals surface area (Å²) in [7, 11) is 0.978. The molecule has 7 rings (SSSR count). The Bertz CT molecular complexity index is 2380. The van der Waals surface area contributed by atoms with E-state index in [9.17, 15) is 44.7 Å². The molecule has 6 atom stereocenters. The molecule has 342 valence electrons. The molecule has 0 bridgehead atoms. The maximum atomic E-state index is 14.3. The van der Waals surface area contributed by atoms with Crippen LogP contribution < -0.4 is 27.1 Å². The van der Waals surface area contributed by atoms with Crippen LogP contribution in [0, 0.1) is 11.8 Å². The molecule has 3 aliphatic carbocycles. The highest BCUT2D eigenvalue weighted by Gasteiger charge is 2.68. The molecule has 1 saturated carbocycles. The molecule has 1 fully saturated rings. The van der Waals surface area contributed by atoms with Gasteiger partial charge in [-0.25, -0.2) is 4.98 Å². The molecule has 2 amide bonds. The summed E-state index contributed by atoms with van der Waals surface area (Å²) in [6.45, 7) is 1.66. The van der Waals surface area contributed by atoms with E-state index in [2.05, 4.69) is 78.1 Å². The van der Waals surface area contributed by atoms with Crippen LogP contribution in [0.2, 0.25) is 0 Å². The predicted octanol–water partition coefficient (Wildman–Crippen LogP) is 5.72. The lowest BCUT2D eigenvalue weighted by Crippen LogP contribution is -2.70. The molecule has 3 aromatic carbocycles. The summed E-state index contributed by atoms with van der Waals surface area (Å²) in [6.07, 6.45) is 10.6. The van der Waals surface area contributed by atoms with E-state index in [1.807, 2.05) is 12.3 Å². The molecule has 1 heterocycles. The number of primary amides is 1. The van der Waals surface area contributed by atoms with Crippen molar-refractivity contribution in [2.45, 2.75) is 94.8 Å². The number of phenolic OH excluding ortho intramolecular Hbond substituents is 1. The van der Waals surface area contributed by atoms with E-state index < -0.39 is 88.7 Å². The number of carbonyl (C=O) groups is 4. The Morgan fingerprint density at radius 2 is 1.37 bits per heavy atom. The zero-order valence-electron chi connectivity index (χ0n) is 37.2. The van der Waals surface area contributed by atoms with E-state index in [0.717, 1.165) is 63.0 Å². The van der Waals surface area contributed by atoms with E-state index in [-0.39, 0.29) is 23.6 Å². The van der Waals surface area contributed by atoms with Crippen molar-refractivity contribution in [3.8, 4) is 5.75 Å². The molecule has 0 spiro atoms. The number of Topliss-reactive ketones (excluding diaryl/α,β-unsaturated/α-hetero) is 2. The van der Waals surface area contributed by atoms with Crippen molar-refractivity contribution in [2.75, 3.05) is 25.6 Å². The van der Waals surface area contributed by atoms with Crippen molar-refractivity contribution in [3.05, 3.63) is 125 Å². The second-order valence-electron chi connectivity index (χ2n) is 17.8. The number of hydrogen-bond acceptors (Lipinski definition) is 11. The number of likely N-dealkylation sites (N-methyl/N-ethyl adjacent to an activating group) is 1. The molecular formula is C51H60N4O9P+. The monoisotopic (exact) mass is 903 g/mol. The summed E-state index contributed by atoms with van der Waals surface area (Å²) in [5.41, 5.74) is 2.26. The highest BCUT2D eigenvalue weighted by atomic mass is 31.2. The summed E-state index contributed by atoms with van der Waals surface area (Å²) in [5, 5.41) is 63.4. The summed E-state index contributed by atoms with van der Waals surface area (Å²) >= 11 is 0. The first-order valence-electron chi connectivity index (χ1n) is 22.6. The molecule has 65 heavy (non-hydrogen) atoms. The Kier molecular flexibility index (Phi) is 14.4. The average Bonchev–Trinajstić information content (AvgIpc) is 3.29. The van der Waals surface area contributed by atoms with Crippen LogP contribution in [0.4, 0.5) is 5.69 Å². The highest BCUT2D eigenvalue weighted by molar-refractivity contribution is 7.95. The van der Waals surface area contributed by atoms with Gasteiger partial charge in [0.05, 0.1) is 35.5 Å². The van der Waals surface area contributed by atoms with Gasteiger partial charge in [0.15, 0.2) is 16.8 Å². The van der Waals surface area contributed by atoms with Crippen LogP contribution in [-0.2, 0) is 19.2 Å². The molecule has 13 nitrogen and oxygen atoms in total. The van der Waals surface area contributed by atoms with Gasteiger partial charge in [-0.05, 0) is 81.2 Å². The number of anilines is 1. The van der Waals surface area contributed by atoms with Crippen LogP contribution in [0.1, 0.15) is 88.2 Å². The summed E-state index contributed by atoms with van der Waals surface area (Å²) in [6, 6.07) is 29.5. The molecule has 3 aliphatic rings. The van der Waals surface area contributed by atoms with E-state index in [0.29, 0.717) is 12.0 Å². The Morgan fingerprint density at radius 3 is 1.92 bits per heavy atom. The first-order valence-corrected chi connectivity index (χ1v) is 24.5. The molecule has 14 heteroatoms. The third kappa shape index (κ3) is 8.63. The SMILES string of the molecule is C[C@H]1c2ccc(NC(=O)CCCCCCCCCCC[P+](c3ccccc3)(c3ccccc3)c3ccccn3)c(O)c2C(O)=C2C(=O)[C@]3(O)C(O)=C(C(N)=O)C(=O)[C@@H](N(C)C)[C@@H]3[C@@H](O)[C@@H]21. The number of rotatable bonds is 18. The number of aliphatic hydroxyl groups is 4. The molecule has 0 radical (unpaired) electrons. The van der Waals surface area contributed by atoms with Crippen LogP contribution in [-0.4, -0.2) is 96.8 Å². The number of nitrogens with one attached hydrogen (secondary N) is 1. The van der Waals surface area contributed by atoms with Gasteiger partial charge in [0.1, 0.15) is 40.7 Å². The smallest absolute Gasteiger partial charge is 0.255 e. The zero-order valence-corrected chi connectivity index (χ0v) is 38.1. The fourth-order valence-corrected chi connectivity index (χ4v) is 14.8. The average molecular weight is 904 g/mol. The summed E-state index contributed by atoms with van der Waals surface area (Å²) in [5.74, 6) is -10.1. The summed E-state index contributed by atoms with van der Waals surface area (Å²) in [4.78, 5) is 59.3. The quantitative estimate of drug-likeness (QED) is 0.0277. The topological polar surface area (TPSA) is 224 Å². The van der Waals surface area contributed by atoms with Crippen molar-refractivity contribution in [1.29, 1.82) is 0 Å². The van der Waals surface area contributed by atoms with Gasteiger partial charge >= 0.3 is 0 Å². The Balaban J connectivity index is 0.919. The zero-order chi connectivity index (χ0) is 46.6. The molecule has 4 aromatic rings. The van der Waals surface area contributed by atoms with Crippen molar-refractivity contribution < 1.29 is 44.7 Å². The van der Waals surface area contributed by atoms with Gasteiger partial charge in [-0.2, -0.15) is 0 Å². The predicted molar refractivity (Wildman–Crippen MR) is 253 cm³/mol. The van der Waals surface area contributed by atoms with Crippen molar-refractivity contribution in [2.24, 2.45) is 17.6 Å². The van der Waals surface area contributed by atoms with Crippen LogP contribution in [0.25, 0.3) is 5.76 Å². The van der Waals surface area contributed by atoms with Crippen molar-refractivity contribution >= 4 is 58.1 Å². The number of phenols is 1. The van der Waals surface area contributed by atoms with E-state index >= 15 is 0 Å². The van der Waals surface area contributed by atoms with E-state index in [4.69, 9.17) is 10.7 Å². The number of aliphatic hydroxyl groups excluding tert-OH is 3. The highest BCUT2D eigenvalue weighted by Crippen LogP contribution is 2.57. The maximum Gasteiger partial charge on any atom is 0.255 e. The van der Waals surface area contributed by atoms with Crippen LogP contribution >= 0.6 is 7.26 Å². The fraction of sp³-hybridized carbons (Fsp3) is 0.392. The van der Waals surface area contributed by atoms with Crippen LogP contribution in [0.15, 0.2) is 114 Å². The van der Waals surface area contributed by atoms with Gasteiger partial charge in [0.25, 0.3) is 5.91 Å². The van der Waals surface area contributed by atoms with Gasteiger partial charge in [-0.1, -0.05) is 94.0 Å². The molecule has 0 unspecified atom stereocenters. The number of carbonyl (C=O) groups excluding carboxylic acids is 4. The number of ketones is 2. The maximum absolute atomic E-state index is 14.3. The lowest BCUT2D eigenvalue weighted by atomic mass is 9.54. The molecule has 1 aromatic heterocycles. The Morgan fingerprint density at radius 1 is 0.800 bits per heavy atom. The number of nitrogens with zero attached hydrogens (tertiary/aromatic N) is 2. The van der Waals surface area contributed by atoms with Crippen molar-refractivity contribution in [1.82, 2.24) is 9.88 Å². The number of benzene rings is 3. The first kappa shape index (κ1) is 47.2. The minimum absolute atomic E-state index is 0.00594. The lowest BCUT2D eigenvalue weighted by Gasteiger charge is -2.53. The van der Waals surface area contributed by atoms with E-state index in [1.54, 1.807) is 13.0 Å². The summed E-state index contributed by atoms with van der Waals surface area (Å²) < 4.78 is 0. The number of hydrogen-bond donors (Lipinski definition) is 7. The minimum Gasteiger partial charge on any atom is -0.508 e. The number of pyridine rings is 1. The second kappa shape index (κ2) is 19.8. The lowest BCUT2D eigenvalue weighted by molar-refractivity contribution is -0.169. The molecule has 0 aliphatic heterocycles. The third-order valence-electron chi connectivity index (χ3n) is 13.7. The van der Waals surface area contributed by atoms with E-state index in [1.165, 1.54) is 35.7 Å². The largest absolute Gasteiger partial charge is 0.508 e. The number of amides is 2. The van der Waals surface area contributed by atoms with Gasteiger partial charge < -0.3 is 36.6 Å². The van der Waals surface area contributed by atoms with Gasteiger partial charge in [-0.3, -0.25) is 24.1 Å². The molecule has 0 saturated heterocycles. The molecule has 8 N–H and O–H groups in total. The van der Waals surface area contributed by atoms with Gasteiger partial charge in [0.2, 0.25) is 11.7 Å². The Hall–Kier alpha value is -5.72. The number of aromatic hydroxyl groups is 1. The van der Waals surface area contributed by atoms with Gasteiger partial charge in [-0.15, -0.1) is 0 Å². The number of nitrogens with two attached hydrogens (primary N) is 1. The number of fused-ring (bicyclic) bond motifs is 3. The van der Waals surface area contributed by atoms with Crippen molar-refractivity contribution in [3.63, 3.8) is 0 Å². The van der Waals surface area contributed by atoms with Gasteiger partial charge in [0, 0.05) is 30.2 Å². The van der Waals surface area contributed by atoms with Crippen LogP contribution in [0.3, 0.4) is 0 Å². The number of aromatic nitrogens is 1. The molecular weight excluding hydrogens is 844 g/mol. The normalized spacial score (nSPS) is 23.0. The number of unbranched alkanes of at least 4 members (excludes halogenated alkanes) is 8. The Labute approximate surface area is 380 Å². The standard InChI is InChI=1S/C51H59N4O9P/c1-31-34-27-28-35(44(57)39(34)45(58)40-38(31)46(59)42-43(55(2)3)47(60)41(50(52)63)49(62)51(42,64)48(40)61)54-36(56)25-17-9-7-5-4-6-8-10-20-30-65(32-21-13-11-14-22-32,33-23-15-12-16-24-33)37-26-18-19-29-53-37/h11-16,18-19,21-24,26-29,31,38,42-43,46,59,64H,4-10,17,20,25,30H2,1-3H3,(H5-,52,54,56,57,58,60,61,62,63)/p+1/t31-,38+,42+,43-,46-,51-/m0/s1. The van der Waals surface area contributed by atoms with Crippen LogP contribution in [0.5, 0.6) is 5.75 Å². The first-order chi connectivity index (χ1) is 31.2. The minimum atomic E-state index is -3.01. The second-order valence-corrected chi connectivity index (χ2v) is 21.4.